The molecule has 0 atom stereocenters. The minimum absolute atomic E-state index is 0.0219. The first kappa shape index (κ1) is 11.4. The van der Waals surface area contributed by atoms with Crippen LogP contribution in [0.5, 0.6) is 0 Å². The van der Waals surface area contributed by atoms with Crippen LogP contribution in [0.3, 0.4) is 0 Å². The molecule has 1 aromatic rings. The van der Waals surface area contributed by atoms with E-state index in [0.717, 1.165) is 0 Å². The largest absolute Gasteiger partial charge is 0.464 e. The van der Waals surface area contributed by atoms with E-state index in [9.17, 15) is 4.79 Å². The molecule has 0 aliphatic rings. The molecule has 0 spiro atoms. The monoisotopic (exact) mass is 211 g/mol. The molecule has 0 saturated carbocycles. The molecule has 0 aliphatic carbocycles. The van der Waals surface area contributed by atoms with Crippen LogP contribution in [0.15, 0.2) is 12.4 Å². The van der Waals surface area contributed by atoms with Gasteiger partial charge in [0, 0.05) is 19.7 Å². The Morgan fingerprint density at radius 3 is 2.93 bits per heavy atom. The van der Waals surface area contributed by atoms with Gasteiger partial charge in [-0.05, 0) is 0 Å². The molecule has 0 fully saturated rings. The van der Waals surface area contributed by atoms with E-state index in [1.165, 1.54) is 19.5 Å². The van der Waals surface area contributed by atoms with Crippen LogP contribution in [-0.4, -0.2) is 48.4 Å². The molecule has 6 nitrogen and oxygen atoms in total. The standard InChI is InChI=1S/C9H13N3O3/c1-12(3-4-13)8-5-7(9(14)15-2)10-6-11-8/h5-6,13H,3-4H2,1-2H3. The lowest BCUT2D eigenvalue weighted by Crippen LogP contribution is -2.22. The summed E-state index contributed by atoms with van der Waals surface area (Å²) in [7, 11) is 3.06. The van der Waals surface area contributed by atoms with E-state index in [4.69, 9.17) is 5.11 Å². The quantitative estimate of drug-likeness (QED) is 0.689. The van der Waals surface area contributed by atoms with Crippen molar-refractivity contribution in [3.8, 4) is 0 Å². The third-order valence-electron chi connectivity index (χ3n) is 1.87. The summed E-state index contributed by atoms with van der Waals surface area (Å²) < 4.78 is 4.53. The van der Waals surface area contributed by atoms with Gasteiger partial charge in [0.2, 0.25) is 0 Å². The van der Waals surface area contributed by atoms with Crippen LogP contribution in [0.1, 0.15) is 10.5 Å². The average Bonchev–Trinajstić information content (AvgIpc) is 2.28. The van der Waals surface area contributed by atoms with Crippen LogP contribution in [0.4, 0.5) is 5.82 Å². The molecule has 0 radical (unpaired) electrons. The highest BCUT2D eigenvalue weighted by Crippen LogP contribution is 2.09. The topological polar surface area (TPSA) is 75.5 Å². The fourth-order valence-corrected chi connectivity index (χ4v) is 1.04. The van der Waals surface area contributed by atoms with Gasteiger partial charge >= 0.3 is 5.97 Å². The Labute approximate surface area is 87.5 Å². The molecule has 0 bridgehead atoms. The first-order valence-corrected chi connectivity index (χ1v) is 4.41. The van der Waals surface area contributed by atoms with Crippen molar-refractivity contribution in [3.05, 3.63) is 18.1 Å². The number of aromatic nitrogens is 2. The summed E-state index contributed by atoms with van der Waals surface area (Å²) in [5, 5.41) is 8.75. The lowest BCUT2D eigenvalue weighted by molar-refractivity contribution is 0.0594. The summed E-state index contributed by atoms with van der Waals surface area (Å²) in [6.45, 7) is 0.464. The number of esters is 1. The zero-order valence-electron chi connectivity index (χ0n) is 8.67. The van der Waals surface area contributed by atoms with E-state index in [-0.39, 0.29) is 12.3 Å². The molecule has 1 aromatic heterocycles. The maximum atomic E-state index is 11.2. The van der Waals surface area contributed by atoms with Crippen LogP contribution in [0, 0.1) is 0 Å². The fourth-order valence-electron chi connectivity index (χ4n) is 1.04. The van der Waals surface area contributed by atoms with Crippen molar-refractivity contribution in [2.24, 2.45) is 0 Å². The van der Waals surface area contributed by atoms with Gasteiger partial charge in [-0.2, -0.15) is 0 Å². The fraction of sp³-hybridized carbons (Fsp3) is 0.444. The van der Waals surface area contributed by atoms with Gasteiger partial charge in [0.05, 0.1) is 13.7 Å². The zero-order chi connectivity index (χ0) is 11.3. The second-order valence-electron chi connectivity index (χ2n) is 2.90. The molecule has 0 saturated heterocycles. The molecule has 1 rings (SSSR count). The molecule has 0 aromatic carbocycles. The predicted octanol–water partition coefficient (Wildman–Crippen LogP) is -0.308. The SMILES string of the molecule is COC(=O)c1cc(N(C)CCO)ncn1. The van der Waals surface area contributed by atoms with Crippen molar-refractivity contribution < 1.29 is 14.6 Å². The zero-order valence-corrected chi connectivity index (χ0v) is 8.67. The summed E-state index contributed by atoms with van der Waals surface area (Å²) in [6, 6.07) is 1.52. The summed E-state index contributed by atoms with van der Waals surface area (Å²) in [6.07, 6.45) is 1.29. The number of aliphatic hydroxyl groups is 1. The summed E-state index contributed by atoms with van der Waals surface area (Å²) in [5.41, 5.74) is 0.201. The van der Waals surface area contributed by atoms with Crippen LogP contribution < -0.4 is 4.90 Å². The van der Waals surface area contributed by atoms with Crippen molar-refractivity contribution in [3.63, 3.8) is 0 Å². The minimum atomic E-state index is -0.504. The third kappa shape index (κ3) is 2.88. The Kier molecular flexibility index (Phi) is 3.99. The molecule has 82 valence electrons. The molecule has 0 aliphatic heterocycles. The van der Waals surface area contributed by atoms with Crippen molar-refractivity contribution in [1.82, 2.24) is 9.97 Å². The summed E-state index contributed by atoms with van der Waals surface area (Å²) >= 11 is 0. The highest BCUT2D eigenvalue weighted by atomic mass is 16.5. The number of methoxy groups -OCH3 is 1. The first-order chi connectivity index (χ1) is 7.19. The van der Waals surface area contributed by atoms with Gasteiger partial charge in [0.1, 0.15) is 12.1 Å². The number of carbonyl (C=O) groups excluding carboxylic acids is 1. The number of aliphatic hydroxyl groups excluding tert-OH is 1. The second-order valence-corrected chi connectivity index (χ2v) is 2.90. The molecule has 0 amide bonds. The average molecular weight is 211 g/mol. The van der Waals surface area contributed by atoms with Gasteiger partial charge in [-0.15, -0.1) is 0 Å². The normalized spacial score (nSPS) is 9.80. The molecular weight excluding hydrogens is 198 g/mol. The second kappa shape index (κ2) is 5.26. The van der Waals surface area contributed by atoms with Crippen LogP contribution in [0.2, 0.25) is 0 Å². The number of ether oxygens (including phenoxy) is 1. The van der Waals surface area contributed by atoms with Crippen molar-refractivity contribution in [1.29, 1.82) is 0 Å². The van der Waals surface area contributed by atoms with Gasteiger partial charge in [-0.25, -0.2) is 14.8 Å². The Balaban J connectivity index is 2.87. The van der Waals surface area contributed by atoms with Gasteiger partial charge in [0.25, 0.3) is 0 Å². The third-order valence-corrected chi connectivity index (χ3v) is 1.87. The van der Waals surface area contributed by atoms with E-state index >= 15 is 0 Å². The van der Waals surface area contributed by atoms with E-state index in [0.29, 0.717) is 12.4 Å². The Bertz CT molecular complexity index is 343. The maximum Gasteiger partial charge on any atom is 0.356 e. The molecule has 15 heavy (non-hydrogen) atoms. The molecule has 1 N–H and O–H groups in total. The van der Waals surface area contributed by atoms with Crippen LogP contribution in [-0.2, 0) is 4.74 Å². The highest BCUT2D eigenvalue weighted by Gasteiger charge is 2.10. The number of anilines is 1. The summed E-state index contributed by atoms with van der Waals surface area (Å²) in [5.74, 6) is 0.0653. The lowest BCUT2D eigenvalue weighted by Gasteiger charge is -2.16. The number of carbonyl (C=O) groups is 1. The Morgan fingerprint density at radius 1 is 1.60 bits per heavy atom. The number of hydrogen-bond donors (Lipinski definition) is 1. The number of nitrogens with zero attached hydrogens (tertiary/aromatic N) is 3. The number of hydrogen-bond acceptors (Lipinski definition) is 6. The van der Waals surface area contributed by atoms with Crippen LogP contribution in [0.25, 0.3) is 0 Å². The lowest BCUT2D eigenvalue weighted by atomic mass is 10.4. The minimum Gasteiger partial charge on any atom is -0.464 e. The Morgan fingerprint density at radius 2 is 2.33 bits per heavy atom. The smallest absolute Gasteiger partial charge is 0.356 e. The molecule has 6 heteroatoms. The first-order valence-electron chi connectivity index (χ1n) is 4.41. The Hall–Kier alpha value is -1.69. The van der Waals surface area contributed by atoms with Gasteiger partial charge in [-0.1, -0.05) is 0 Å². The highest BCUT2D eigenvalue weighted by molar-refractivity contribution is 5.87. The van der Waals surface area contributed by atoms with Gasteiger partial charge < -0.3 is 14.7 Å². The van der Waals surface area contributed by atoms with Crippen molar-refractivity contribution in [2.45, 2.75) is 0 Å². The van der Waals surface area contributed by atoms with E-state index < -0.39 is 5.97 Å². The molecule has 0 unspecified atom stereocenters. The van der Waals surface area contributed by atoms with E-state index in [2.05, 4.69) is 14.7 Å². The van der Waals surface area contributed by atoms with E-state index in [1.54, 1.807) is 11.9 Å². The van der Waals surface area contributed by atoms with E-state index in [1.807, 2.05) is 0 Å². The van der Waals surface area contributed by atoms with Gasteiger partial charge in [-0.3, -0.25) is 0 Å². The number of likely N-dealkylation sites (N-methyl/N-ethyl adjacent to an activating group) is 1. The predicted molar refractivity (Wildman–Crippen MR) is 53.7 cm³/mol. The van der Waals surface area contributed by atoms with Crippen molar-refractivity contribution in [2.75, 3.05) is 32.2 Å². The van der Waals surface area contributed by atoms with Crippen LogP contribution >= 0.6 is 0 Å². The molecular formula is C9H13N3O3. The maximum absolute atomic E-state index is 11.2. The van der Waals surface area contributed by atoms with Gasteiger partial charge in [0.15, 0.2) is 5.69 Å². The number of rotatable bonds is 4. The van der Waals surface area contributed by atoms with Crippen molar-refractivity contribution >= 4 is 11.8 Å². The summed E-state index contributed by atoms with van der Waals surface area (Å²) in [4.78, 5) is 20.6. The molecule has 1 heterocycles.